The zero-order valence-corrected chi connectivity index (χ0v) is 23.9. The van der Waals surface area contributed by atoms with Crippen LogP contribution in [0.5, 0.6) is 0 Å². The molecular formula is C34H40N4O3. The van der Waals surface area contributed by atoms with Crippen LogP contribution < -0.4 is 16.4 Å². The summed E-state index contributed by atoms with van der Waals surface area (Å²) in [6.07, 6.45) is 6.43. The Morgan fingerprint density at radius 2 is 1.73 bits per heavy atom. The number of benzene rings is 3. The summed E-state index contributed by atoms with van der Waals surface area (Å²) in [5, 5.41) is 5.94. The molecule has 214 valence electrons. The zero-order valence-electron chi connectivity index (χ0n) is 23.9. The van der Waals surface area contributed by atoms with Gasteiger partial charge in [-0.25, -0.2) is 0 Å². The minimum atomic E-state index is -0.279. The Morgan fingerprint density at radius 3 is 2.39 bits per heavy atom. The van der Waals surface area contributed by atoms with E-state index in [4.69, 9.17) is 10.5 Å². The number of para-hydroxylation sites is 2. The number of nitrogens with two attached hydrogens (primary N) is 1. The molecule has 2 aliphatic rings. The lowest BCUT2D eigenvalue weighted by atomic mass is 9.92. The van der Waals surface area contributed by atoms with Gasteiger partial charge in [0.15, 0.2) is 0 Å². The largest absolute Gasteiger partial charge is 0.397 e. The van der Waals surface area contributed by atoms with Crippen LogP contribution in [0.25, 0.3) is 6.08 Å². The van der Waals surface area contributed by atoms with E-state index in [2.05, 4.69) is 41.5 Å². The molecule has 5 rings (SSSR count). The van der Waals surface area contributed by atoms with Gasteiger partial charge in [-0.3, -0.25) is 14.5 Å². The number of nitrogens with one attached hydrogen (secondary N) is 2. The fourth-order valence-corrected chi connectivity index (χ4v) is 5.68. The third-order valence-corrected chi connectivity index (χ3v) is 8.10. The van der Waals surface area contributed by atoms with Gasteiger partial charge in [0.25, 0.3) is 0 Å². The number of nitrogens with zero attached hydrogens (tertiary/aromatic N) is 1. The topological polar surface area (TPSA) is 96.7 Å². The molecule has 3 aromatic carbocycles. The number of hydrogen-bond donors (Lipinski definition) is 3. The van der Waals surface area contributed by atoms with Crippen LogP contribution in [0.1, 0.15) is 61.6 Å². The number of anilines is 3. The fourth-order valence-electron chi connectivity index (χ4n) is 5.68. The van der Waals surface area contributed by atoms with Crippen LogP contribution in [-0.2, 0) is 14.3 Å². The number of carbonyl (C=O) groups excluding carboxylic acids is 2. The molecule has 0 radical (unpaired) electrons. The second-order valence-corrected chi connectivity index (χ2v) is 11.4. The van der Waals surface area contributed by atoms with E-state index in [0.29, 0.717) is 29.4 Å². The van der Waals surface area contributed by atoms with Gasteiger partial charge in [0.05, 0.1) is 30.0 Å². The highest BCUT2D eigenvalue weighted by atomic mass is 16.5. The van der Waals surface area contributed by atoms with Crippen molar-refractivity contribution in [3.05, 3.63) is 95.6 Å². The van der Waals surface area contributed by atoms with Gasteiger partial charge in [-0.15, -0.1) is 0 Å². The molecule has 3 atom stereocenters. The third kappa shape index (κ3) is 7.43. The summed E-state index contributed by atoms with van der Waals surface area (Å²) in [6, 6.07) is 23.7. The van der Waals surface area contributed by atoms with Crippen LogP contribution in [0.4, 0.5) is 17.1 Å². The highest BCUT2D eigenvalue weighted by Gasteiger charge is 2.38. The Morgan fingerprint density at radius 1 is 1.00 bits per heavy atom. The lowest BCUT2D eigenvalue weighted by Crippen LogP contribution is -2.37. The summed E-state index contributed by atoms with van der Waals surface area (Å²) >= 11 is 0. The number of hydrogen-bond acceptors (Lipinski definition) is 5. The molecule has 2 saturated heterocycles. The van der Waals surface area contributed by atoms with Gasteiger partial charge in [-0.2, -0.15) is 0 Å². The number of ether oxygens (including phenoxy) is 1. The standard InChI is InChI=1S/C34H40N4O3/c1-23(2)25-14-16-27(17-15-25)36-34(40)30(6-5-19-38-21-29-20-28(38)22-41-29)26-12-9-24(10-13-26)11-18-33(39)37-32-8-4-3-7-31(32)35/h3-4,7-18,23,28-30H,5-6,19-22,35H2,1-2H3,(H,36,40)(H,37,39)/b18-11+/t28-,29-,30?/m0/s1. The number of rotatable bonds is 11. The number of fused-ring (bicyclic) bond motifs is 2. The van der Waals surface area contributed by atoms with E-state index in [1.807, 2.05) is 48.5 Å². The van der Waals surface area contributed by atoms with Crippen LogP contribution in [0, 0.1) is 0 Å². The maximum Gasteiger partial charge on any atom is 0.248 e. The molecule has 0 saturated carbocycles. The second-order valence-electron chi connectivity index (χ2n) is 11.4. The van der Waals surface area contributed by atoms with Crippen molar-refractivity contribution in [1.82, 2.24) is 4.90 Å². The van der Waals surface area contributed by atoms with E-state index in [1.54, 1.807) is 18.2 Å². The molecule has 7 nitrogen and oxygen atoms in total. The molecule has 2 aliphatic heterocycles. The van der Waals surface area contributed by atoms with Crippen LogP contribution in [0.3, 0.4) is 0 Å². The first-order valence-corrected chi connectivity index (χ1v) is 14.6. The van der Waals surface area contributed by atoms with Gasteiger partial charge >= 0.3 is 0 Å². The van der Waals surface area contributed by atoms with E-state index >= 15 is 0 Å². The van der Waals surface area contributed by atoms with Crippen molar-refractivity contribution in [3.63, 3.8) is 0 Å². The zero-order chi connectivity index (χ0) is 28.8. The first kappa shape index (κ1) is 28.6. The smallest absolute Gasteiger partial charge is 0.248 e. The van der Waals surface area contributed by atoms with E-state index in [-0.39, 0.29) is 17.7 Å². The molecule has 7 heteroatoms. The molecule has 0 aliphatic carbocycles. The fraction of sp³-hybridized carbons (Fsp3) is 0.353. The first-order chi connectivity index (χ1) is 19.9. The van der Waals surface area contributed by atoms with Crippen molar-refractivity contribution in [2.75, 3.05) is 36.1 Å². The lowest BCUT2D eigenvalue weighted by Gasteiger charge is -2.27. The van der Waals surface area contributed by atoms with E-state index in [9.17, 15) is 9.59 Å². The Bertz CT molecular complexity index is 1370. The number of nitrogen functional groups attached to an aromatic ring is 1. The van der Waals surface area contributed by atoms with Crippen molar-refractivity contribution >= 4 is 35.0 Å². The number of carbonyl (C=O) groups is 2. The normalized spacial score (nSPS) is 19.1. The van der Waals surface area contributed by atoms with Gasteiger partial charge in [-0.1, -0.05) is 62.4 Å². The molecule has 3 aromatic rings. The van der Waals surface area contributed by atoms with E-state index in [0.717, 1.165) is 55.8 Å². The van der Waals surface area contributed by atoms with Gasteiger partial charge in [-0.05, 0) is 78.8 Å². The van der Waals surface area contributed by atoms with Crippen LogP contribution >= 0.6 is 0 Å². The Balaban J connectivity index is 1.24. The minimum absolute atomic E-state index is 0.00306. The average molecular weight is 553 g/mol. The van der Waals surface area contributed by atoms with E-state index < -0.39 is 0 Å². The minimum Gasteiger partial charge on any atom is -0.397 e. The molecule has 0 aromatic heterocycles. The summed E-state index contributed by atoms with van der Waals surface area (Å²) < 4.78 is 5.75. The van der Waals surface area contributed by atoms with Crippen molar-refractivity contribution in [3.8, 4) is 0 Å². The molecule has 2 amide bonds. The molecule has 2 bridgehead atoms. The number of morpholine rings is 1. The maximum atomic E-state index is 13.6. The Kier molecular flexibility index (Phi) is 9.17. The van der Waals surface area contributed by atoms with Crippen LogP contribution in [0.15, 0.2) is 78.9 Å². The van der Waals surface area contributed by atoms with Crippen molar-refractivity contribution in [2.24, 2.45) is 0 Å². The quantitative estimate of drug-likeness (QED) is 0.200. The Hall–Kier alpha value is -3.94. The Labute approximate surface area is 242 Å². The summed E-state index contributed by atoms with van der Waals surface area (Å²) in [5.41, 5.74) is 10.9. The summed E-state index contributed by atoms with van der Waals surface area (Å²) in [6.45, 7) is 7.11. The molecule has 2 fully saturated rings. The molecule has 1 unspecified atom stereocenters. The number of likely N-dealkylation sites (tertiary alicyclic amines) is 1. The monoisotopic (exact) mass is 552 g/mol. The van der Waals surface area contributed by atoms with Crippen LogP contribution in [-0.4, -0.2) is 48.6 Å². The SMILES string of the molecule is CC(C)c1ccc(NC(=O)C(CCCN2C[C@@H]3C[C@H]2CO3)c2ccc(/C=C/C(=O)Nc3ccccc3N)cc2)cc1. The highest BCUT2D eigenvalue weighted by molar-refractivity contribution is 6.03. The summed E-state index contributed by atoms with van der Waals surface area (Å²) in [5.74, 6) is -0.0995. The average Bonchev–Trinajstić information content (AvgIpc) is 3.60. The van der Waals surface area contributed by atoms with Crippen molar-refractivity contribution in [2.45, 2.75) is 57.1 Å². The second kappa shape index (κ2) is 13.1. The predicted octanol–water partition coefficient (Wildman–Crippen LogP) is 6.02. The molecule has 4 N–H and O–H groups in total. The van der Waals surface area contributed by atoms with Gasteiger partial charge in [0, 0.05) is 24.4 Å². The number of amides is 2. The predicted molar refractivity (Wildman–Crippen MR) is 166 cm³/mol. The van der Waals surface area contributed by atoms with Crippen LogP contribution in [0.2, 0.25) is 0 Å². The van der Waals surface area contributed by atoms with Crippen molar-refractivity contribution < 1.29 is 14.3 Å². The van der Waals surface area contributed by atoms with Gasteiger partial charge in [0.2, 0.25) is 11.8 Å². The lowest BCUT2D eigenvalue weighted by molar-refractivity contribution is -0.117. The molecule has 0 spiro atoms. The molecular weight excluding hydrogens is 512 g/mol. The van der Waals surface area contributed by atoms with Gasteiger partial charge < -0.3 is 21.1 Å². The summed E-state index contributed by atoms with van der Waals surface area (Å²) in [4.78, 5) is 28.5. The maximum absolute atomic E-state index is 13.6. The molecule has 41 heavy (non-hydrogen) atoms. The van der Waals surface area contributed by atoms with E-state index in [1.165, 1.54) is 11.6 Å². The first-order valence-electron chi connectivity index (χ1n) is 14.6. The van der Waals surface area contributed by atoms with Crippen molar-refractivity contribution in [1.29, 1.82) is 0 Å². The highest BCUT2D eigenvalue weighted by Crippen LogP contribution is 2.30. The summed E-state index contributed by atoms with van der Waals surface area (Å²) in [7, 11) is 0. The third-order valence-electron chi connectivity index (χ3n) is 8.10. The molecule has 2 heterocycles. The van der Waals surface area contributed by atoms with Gasteiger partial charge in [0.1, 0.15) is 0 Å².